The number of aromatic nitrogens is 3. The number of nitrogens with zero attached hydrogens (tertiary/aromatic N) is 2. The minimum absolute atomic E-state index is 0.213. The molecule has 1 aliphatic rings. The van der Waals surface area contributed by atoms with E-state index >= 15 is 0 Å². The number of fused-ring (bicyclic) bond motifs is 2. The molecule has 1 fully saturated rings. The predicted molar refractivity (Wildman–Crippen MR) is 131 cm³/mol. The zero-order chi connectivity index (χ0) is 23.5. The molecule has 0 spiro atoms. The van der Waals surface area contributed by atoms with Crippen LogP contribution in [0.4, 0.5) is 0 Å². The van der Waals surface area contributed by atoms with Crippen LogP contribution >= 0.6 is 15.9 Å². The van der Waals surface area contributed by atoms with Gasteiger partial charge in [0.15, 0.2) is 11.5 Å². The van der Waals surface area contributed by atoms with Crippen molar-refractivity contribution in [2.45, 2.75) is 25.1 Å². The maximum atomic E-state index is 12.5. The number of para-hydroxylation sites is 1. The van der Waals surface area contributed by atoms with Crippen LogP contribution in [0.3, 0.4) is 0 Å². The Labute approximate surface area is 198 Å². The number of aromatic amines is 1. The van der Waals surface area contributed by atoms with Gasteiger partial charge in [-0.15, -0.1) is 0 Å². The molecular formula is C23H23BBrN3O5. The van der Waals surface area contributed by atoms with Crippen LogP contribution in [-0.4, -0.2) is 46.3 Å². The second kappa shape index (κ2) is 9.90. The molecule has 0 bridgehead atoms. The van der Waals surface area contributed by atoms with Gasteiger partial charge in [0.05, 0.1) is 30.6 Å². The highest BCUT2D eigenvalue weighted by Crippen LogP contribution is 2.36. The molecule has 0 saturated heterocycles. The Kier molecular flexibility index (Phi) is 6.97. The van der Waals surface area contributed by atoms with Crippen molar-refractivity contribution in [3.05, 3.63) is 68.8 Å². The highest BCUT2D eigenvalue weighted by Gasteiger charge is 2.33. The first-order chi connectivity index (χ1) is 15.9. The number of pyridine rings is 1. The summed E-state index contributed by atoms with van der Waals surface area (Å²) < 4.78 is 11.5. The Bertz CT molecular complexity index is 1360. The highest BCUT2D eigenvalue weighted by molar-refractivity contribution is 9.10. The molecule has 2 aromatic carbocycles. The number of hydrogen-bond acceptors (Lipinski definition) is 7. The summed E-state index contributed by atoms with van der Waals surface area (Å²) in [6.45, 7) is 0. The van der Waals surface area contributed by atoms with Crippen LogP contribution in [0.5, 0.6) is 11.5 Å². The number of nitrogens with one attached hydrogen (secondary N) is 1. The second-order valence-electron chi connectivity index (χ2n) is 7.82. The standard InChI is InChI=1S/C20H16BrN3O3.C3H7BO2/c1-26-16-8-13-15(9-17(16)27-2)23-18(24-20(13)25)7-11-6-12-4-3-5-14(21)19(12)22-10-11;5-4(6)3-1-2-3/h3-6,8-10H,7H2,1-2H3,(H,23,24,25);3,5-6H,1-2H2. The van der Waals surface area contributed by atoms with E-state index in [1.807, 2.05) is 24.3 Å². The van der Waals surface area contributed by atoms with E-state index in [1.165, 1.54) is 7.11 Å². The van der Waals surface area contributed by atoms with E-state index in [2.05, 4.69) is 30.9 Å². The SMILES string of the molecule is COc1cc2nc(Cc3cnc4c(Br)cccc4c3)[nH]c(=O)c2cc1OC.OB(O)C1CC1. The average Bonchev–Trinajstić information content (AvgIpc) is 3.65. The number of hydrogen-bond donors (Lipinski definition) is 3. The van der Waals surface area contributed by atoms with Crippen molar-refractivity contribution < 1.29 is 19.5 Å². The molecule has 4 aromatic rings. The lowest BCUT2D eigenvalue weighted by atomic mass is 9.84. The van der Waals surface area contributed by atoms with E-state index in [4.69, 9.17) is 19.5 Å². The lowest BCUT2D eigenvalue weighted by Gasteiger charge is -2.09. The normalized spacial score (nSPS) is 12.9. The summed E-state index contributed by atoms with van der Waals surface area (Å²) in [6, 6.07) is 11.3. The van der Waals surface area contributed by atoms with Crippen molar-refractivity contribution in [1.29, 1.82) is 0 Å². The predicted octanol–water partition coefficient (Wildman–Crippen LogP) is 3.47. The molecule has 1 saturated carbocycles. The molecule has 0 unspecified atom stereocenters. The molecule has 0 aliphatic heterocycles. The van der Waals surface area contributed by atoms with Crippen molar-refractivity contribution >= 4 is 44.9 Å². The average molecular weight is 512 g/mol. The highest BCUT2D eigenvalue weighted by atomic mass is 79.9. The maximum absolute atomic E-state index is 12.5. The van der Waals surface area contributed by atoms with Gasteiger partial charge in [-0.2, -0.15) is 0 Å². The Morgan fingerprint density at radius 2 is 1.88 bits per heavy atom. The van der Waals surface area contributed by atoms with Gasteiger partial charge in [0, 0.05) is 28.5 Å². The zero-order valence-corrected chi connectivity index (χ0v) is 19.8. The van der Waals surface area contributed by atoms with Crippen LogP contribution in [0.15, 0.2) is 51.9 Å². The van der Waals surface area contributed by atoms with Crippen molar-refractivity contribution in [1.82, 2.24) is 15.0 Å². The third-order valence-corrected chi connectivity index (χ3v) is 6.03. The van der Waals surface area contributed by atoms with Gasteiger partial charge < -0.3 is 24.5 Å². The van der Waals surface area contributed by atoms with Crippen molar-refractivity contribution in [2.24, 2.45) is 0 Å². The smallest absolute Gasteiger partial charge is 0.454 e. The molecule has 2 aromatic heterocycles. The van der Waals surface area contributed by atoms with E-state index in [0.717, 1.165) is 33.8 Å². The van der Waals surface area contributed by atoms with Crippen LogP contribution in [0.2, 0.25) is 5.82 Å². The minimum atomic E-state index is -1.04. The largest absolute Gasteiger partial charge is 0.493 e. The summed E-state index contributed by atoms with van der Waals surface area (Å²) in [7, 11) is 2.05. The van der Waals surface area contributed by atoms with E-state index < -0.39 is 7.12 Å². The number of halogens is 1. The zero-order valence-electron chi connectivity index (χ0n) is 18.2. The van der Waals surface area contributed by atoms with Crippen LogP contribution in [0.1, 0.15) is 24.2 Å². The van der Waals surface area contributed by atoms with Crippen molar-refractivity contribution in [3.63, 3.8) is 0 Å². The Balaban J connectivity index is 0.000000376. The maximum Gasteiger partial charge on any atom is 0.454 e. The van der Waals surface area contributed by atoms with Crippen molar-refractivity contribution in [3.8, 4) is 11.5 Å². The molecule has 0 atom stereocenters. The molecule has 2 heterocycles. The summed E-state index contributed by atoms with van der Waals surface area (Å²) in [5, 5.41) is 18.0. The molecule has 0 radical (unpaired) electrons. The van der Waals surface area contributed by atoms with Crippen LogP contribution in [0.25, 0.3) is 21.8 Å². The van der Waals surface area contributed by atoms with Crippen LogP contribution in [-0.2, 0) is 6.42 Å². The monoisotopic (exact) mass is 511 g/mol. The van der Waals surface area contributed by atoms with Gasteiger partial charge >= 0.3 is 7.12 Å². The van der Waals surface area contributed by atoms with Gasteiger partial charge in [-0.3, -0.25) is 9.78 Å². The van der Waals surface area contributed by atoms with E-state index in [1.54, 1.807) is 25.4 Å². The van der Waals surface area contributed by atoms with Gasteiger partial charge in [0.2, 0.25) is 0 Å². The van der Waals surface area contributed by atoms with Crippen LogP contribution in [0, 0.1) is 0 Å². The first-order valence-corrected chi connectivity index (χ1v) is 11.2. The van der Waals surface area contributed by atoms with Crippen molar-refractivity contribution in [2.75, 3.05) is 14.2 Å². The summed E-state index contributed by atoms with van der Waals surface area (Å²) >= 11 is 3.51. The molecule has 5 rings (SSSR count). The topological polar surface area (TPSA) is 118 Å². The number of benzene rings is 2. The van der Waals surface area contributed by atoms with Gasteiger partial charge in [-0.1, -0.05) is 25.0 Å². The Morgan fingerprint density at radius 1 is 1.15 bits per heavy atom. The molecule has 8 nitrogen and oxygen atoms in total. The van der Waals surface area contributed by atoms with Gasteiger partial charge in [-0.05, 0) is 45.5 Å². The number of rotatable bonds is 5. The fourth-order valence-electron chi connectivity index (χ4n) is 3.45. The lowest BCUT2D eigenvalue weighted by molar-refractivity contribution is 0.355. The number of methoxy groups -OCH3 is 2. The second-order valence-corrected chi connectivity index (χ2v) is 8.67. The molecule has 170 valence electrons. The molecule has 10 heteroatoms. The Hall–Kier alpha value is -2.95. The third-order valence-electron chi connectivity index (χ3n) is 5.39. The van der Waals surface area contributed by atoms with Gasteiger partial charge in [-0.25, -0.2) is 4.98 Å². The number of ether oxygens (including phenoxy) is 2. The van der Waals surface area contributed by atoms with Gasteiger partial charge in [0.25, 0.3) is 5.56 Å². The summed E-state index contributed by atoms with van der Waals surface area (Å²) in [4.78, 5) is 24.4. The van der Waals surface area contributed by atoms with E-state index in [-0.39, 0.29) is 11.4 Å². The van der Waals surface area contributed by atoms with E-state index in [0.29, 0.717) is 34.6 Å². The third kappa shape index (κ3) is 5.35. The summed E-state index contributed by atoms with van der Waals surface area (Å²) in [5.41, 5.74) is 2.21. The quantitative estimate of drug-likeness (QED) is 0.351. The first-order valence-electron chi connectivity index (χ1n) is 10.4. The minimum Gasteiger partial charge on any atom is -0.493 e. The molecule has 0 amide bonds. The fraction of sp³-hybridized carbons (Fsp3) is 0.261. The summed E-state index contributed by atoms with van der Waals surface area (Å²) in [6.07, 6.45) is 4.26. The Morgan fingerprint density at radius 3 is 2.52 bits per heavy atom. The van der Waals surface area contributed by atoms with Crippen LogP contribution < -0.4 is 15.0 Å². The fourth-order valence-corrected chi connectivity index (χ4v) is 3.94. The molecule has 1 aliphatic carbocycles. The molecular weight excluding hydrogens is 489 g/mol. The molecule has 3 N–H and O–H groups in total. The first kappa shape index (κ1) is 23.2. The number of H-pyrrole nitrogens is 1. The van der Waals surface area contributed by atoms with Gasteiger partial charge in [0.1, 0.15) is 5.82 Å². The van der Waals surface area contributed by atoms with E-state index in [9.17, 15) is 4.79 Å². The molecule has 33 heavy (non-hydrogen) atoms. The summed E-state index contributed by atoms with van der Waals surface area (Å²) in [5.74, 6) is 1.81. The lowest BCUT2D eigenvalue weighted by Crippen LogP contribution is -2.12.